The minimum absolute atomic E-state index is 0.290. The van der Waals surface area contributed by atoms with Gasteiger partial charge in [0.25, 0.3) is 10.1 Å². The van der Waals surface area contributed by atoms with Gasteiger partial charge in [0.1, 0.15) is 6.29 Å². The fourth-order valence-corrected chi connectivity index (χ4v) is 2.79. The van der Waals surface area contributed by atoms with Crippen LogP contribution in [0.4, 0.5) is 0 Å². The second-order valence-corrected chi connectivity index (χ2v) is 5.21. The average Bonchev–Trinajstić information content (AvgIpc) is 2.32. The fraction of sp³-hybridized carbons (Fsp3) is 0.750. The SMILES string of the molecule is O=CC1CNC(S(=O)(=O)O)S1. The molecule has 64 valence electrons. The fourth-order valence-electron chi connectivity index (χ4n) is 0.723. The highest BCUT2D eigenvalue weighted by atomic mass is 32.3. The Morgan fingerprint density at radius 3 is 2.55 bits per heavy atom. The van der Waals surface area contributed by atoms with E-state index in [1.54, 1.807) is 0 Å². The summed E-state index contributed by atoms with van der Waals surface area (Å²) >= 11 is 0.900. The first-order valence-corrected chi connectivity index (χ1v) is 5.29. The molecule has 2 unspecified atom stereocenters. The van der Waals surface area contributed by atoms with E-state index in [1.807, 2.05) is 0 Å². The van der Waals surface area contributed by atoms with Crippen LogP contribution in [0, 0.1) is 0 Å². The van der Waals surface area contributed by atoms with Crippen molar-refractivity contribution < 1.29 is 17.8 Å². The summed E-state index contributed by atoms with van der Waals surface area (Å²) in [6.07, 6.45) is 0.656. The molecule has 0 amide bonds. The van der Waals surface area contributed by atoms with Crippen LogP contribution in [0.2, 0.25) is 0 Å². The monoisotopic (exact) mass is 197 g/mol. The van der Waals surface area contributed by atoms with E-state index in [0.717, 1.165) is 11.8 Å². The van der Waals surface area contributed by atoms with Gasteiger partial charge in [0.15, 0.2) is 4.71 Å². The van der Waals surface area contributed by atoms with E-state index in [2.05, 4.69) is 5.32 Å². The summed E-state index contributed by atoms with van der Waals surface area (Å²) < 4.78 is 28.4. The molecule has 1 rings (SSSR count). The average molecular weight is 197 g/mol. The van der Waals surface area contributed by atoms with Gasteiger partial charge in [-0.15, -0.1) is 11.8 Å². The van der Waals surface area contributed by atoms with Crippen LogP contribution in [-0.2, 0) is 14.9 Å². The van der Waals surface area contributed by atoms with Crippen molar-refractivity contribution >= 4 is 28.2 Å². The van der Waals surface area contributed by atoms with Crippen molar-refractivity contribution in [3.63, 3.8) is 0 Å². The predicted molar refractivity (Wildman–Crippen MR) is 40.8 cm³/mol. The minimum atomic E-state index is -4.05. The molecule has 0 aromatic rings. The normalized spacial score (nSPS) is 32.1. The van der Waals surface area contributed by atoms with Gasteiger partial charge >= 0.3 is 0 Å². The Morgan fingerprint density at radius 1 is 1.64 bits per heavy atom. The highest BCUT2D eigenvalue weighted by Crippen LogP contribution is 2.23. The molecule has 2 N–H and O–H groups in total. The third kappa shape index (κ3) is 2.16. The first kappa shape index (κ1) is 8.98. The van der Waals surface area contributed by atoms with Crippen molar-refractivity contribution in [2.24, 2.45) is 0 Å². The molecule has 0 aromatic heterocycles. The number of carbonyl (C=O) groups is 1. The number of thioether (sulfide) groups is 1. The Hall–Kier alpha value is -0.110. The van der Waals surface area contributed by atoms with E-state index in [9.17, 15) is 13.2 Å². The van der Waals surface area contributed by atoms with Gasteiger partial charge in [-0.1, -0.05) is 0 Å². The third-order valence-electron chi connectivity index (χ3n) is 1.21. The topological polar surface area (TPSA) is 83.5 Å². The lowest BCUT2D eigenvalue weighted by molar-refractivity contribution is -0.107. The molecule has 1 saturated heterocycles. The molecule has 1 aliphatic rings. The zero-order valence-electron chi connectivity index (χ0n) is 5.43. The van der Waals surface area contributed by atoms with Gasteiger partial charge in [0.05, 0.1) is 5.25 Å². The number of aldehydes is 1. The molecule has 2 atom stereocenters. The molecule has 0 saturated carbocycles. The van der Waals surface area contributed by atoms with E-state index in [4.69, 9.17) is 4.55 Å². The third-order valence-corrected chi connectivity index (χ3v) is 4.02. The number of carbonyl (C=O) groups excluding carboxylic acids is 1. The van der Waals surface area contributed by atoms with Crippen LogP contribution in [0.5, 0.6) is 0 Å². The molecule has 11 heavy (non-hydrogen) atoms. The highest BCUT2D eigenvalue weighted by Gasteiger charge is 2.32. The summed E-state index contributed by atoms with van der Waals surface area (Å²) in [5.41, 5.74) is 0. The van der Waals surface area contributed by atoms with Crippen LogP contribution in [-0.4, -0.2) is 35.8 Å². The Bertz CT molecular complexity index is 249. The lowest BCUT2D eigenvalue weighted by Gasteiger charge is -2.02. The van der Waals surface area contributed by atoms with Crippen molar-refractivity contribution in [2.75, 3.05) is 6.54 Å². The molecular formula is C4H7NO4S2. The van der Waals surface area contributed by atoms with Gasteiger partial charge in [-0.3, -0.25) is 9.87 Å². The molecule has 5 nitrogen and oxygen atoms in total. The molecule has 1 aliphatic heterocycles. The lowest BCUT2D eigenvalue weighted by atomic mass is 10.5. The standard InChI is InChI=1S/C4H7NO4S2/c6-2-3-1-5-4(10-3)11(7,8)9/h2-5H,1H2,(H,7,8,9). The number of hydrogen-bond donors (Lipinski definition) is 2. The van der Waals surface area contributed by atoms with Crippen LogP contribution in [0.25, 0.3) is 0 Å². The van der Waals surface area contributed by atoms with Gasteiger partial charge < -0.3 is 4.79 Å². The smallest absolute Gasteiger partial charge is 0.290 e. The second kappa shape index (κ2) is 3.10. The molecule has 0 aromatic carbocycles. The molecule has 0 aliphatic carbocycles. The zero-order valence-corrected chi connectivity index (χ0v) is 7.06. The van der Waals surface area contributed by atoms with Crippen LogP contribution >= 0.6 is 11.8 Å². The second-order valence-electron chi connectivity index (χ2n) is 2.07. The Morgan fingerprint density at radius 2 is 2.27 bits per heavy atom. The van der Waals surface area contributed by atoms with E-state index in [0.29, 0.717) is 12.8 Å². The molecule has 0 spiro atoms. The maximum Gasteiger partial charge on any atom is 0.290 e. The van der Waals surface area contributed by atoms with Crippen LogP contribution in [0.3, 0.4) is 0 Å². The summed E-state index contributed by atoms with van der Waals surface area (Å²) in [5.74, 6) is 0. The number of rotatable bonds is 2. The quantitative estimate of drug-likeness (QED) is 0.439. The van der Waals surface area contributed by atoms with E-state index in [-0.39, 0.29) is 5.25 Å². The van der Waals surface area contributed by atoms with Crippen molar-refractivity contribution in [1.29, 1.82) is 0 Å². The number of nitrogens with one attached hydrogen (secondary N) is 1. The maximum atomic E-state index is 10.5. The minimum Gasteiger partial charge on any atom is -0.302 e. The Labute approximate surface area is 68.3 Å². The zero-order chi connectivity index (χ0) is 8.48. The molecule has 0 bridgehead atoms. The summed E-state index contributed by atoms with van der Waals surface area (Å²) in [5, 5.41) is 2.12. The molecule has 0 radical (unpaired) electrons. The summed E-state index contributed by atoms with van der Waals surface area (Å²) in [6.45, 7) is 0.290. The Kier molecular flexibility index (Phi) is 2.53. The van der Waals surface area contributed by atoms with Gasteiger partial charge in [-0.2, -0.15) is 8.42 Å². The van der Waals surface area contributed by atoms with E-state index >= 15 is 0 Å². The van der Waals surface area contributed by atoms with Gasteiger partial charge in [0, 0.05) is 6.54 Å². The highest BCUT2D eigenvalue weighted by molar-refractivity contribution is 8.12. The maximum absolute atomic E-state index is 10.5. The van der Waals surface area contributed by atoms with Crippen LogP contribution in [0.1, 0.15) is 0 Å². The Balaban J connectivity index is 2.62. The van der Waals surface area contributed by atoms with Crippen LogP contribution in [0.15, 0.2) is 0 Å². The largest absolute Gasteiger partial charge is 0.302 e. The summed E-state index contributed by atoms with van der Waals surface area (Å²) in [6, 6.07) is 0. The molecule has 7 heteroatoms. The first-order valence-electron chi connectivity index (χ1n) is 2.84. The van der Waals surface area contributed by atoms with Gasteiger partial charge in [-0.25, -0.2) is 0 Å². The van der Waals surface area contributed by atoms with Crippen molar-refractivity contribution in [2.45, 2.75) is 9.96 Å². The summed E-state index contributed by atoms with van der Waals surface area (Å²) in [4.78, 5) is 10.1. The van der Waals surface area contributed by atoms with Crippen LogP contribution < -0.4 is 5.32 Å². The van der Waals surface area contributed by atoms with Gasteiger partial charge in [-0.05, 0) is 0 Å². The first-order chi connectivity index (χ1) is 5.04. The van der Waals surface area contributed by atoms with Crippen molar-refractivity contribution in [3.8, 4) is 0 Å². The molecular weight excluding hydrogens is 190 g/mol. The van der Waals surface area contributed by atoms with Crippen molar-refractivity contribution in [1.82, 2.24) is 5.32 Å². The lowest BCUT2D eigenvalue weighted by Crippen LogP contribution is -2.28. The van der Waals surface area contributed by atoms with Crippen molar-refractivity contribution in [3.05, 3.63) is 0 Å². The number of hydrogen-bond acceptors (Lipinski definition) is 5. The summed E-state index contributed by atoms with van der Waals surface area (Å²) in [7, 11) is -4.05. The molecule has 1 heterocycles. The van der Waals surface area contributed by atoms with E-state index in [1.165, 1.54) is 0 Å². The predicted octanol–water partition coefficient (Wildman–Crippen LogP) is -0.938. The van der Waals surface area contributed by atoms with Gasteiger partial charge in [0.2, 0.25) is 0 Å². The molecule has 1 fully saturated rings. The van der Waals surface area contributed by atoms with E-state index < -0.39 is 14.8 Å².